The first-order chi connectivity index (χ1) is 5.65. The van der Waals surface area contributed by atoms with E-state index in [0.29, 0.717) is 10.0 Å². The van der Waals surface area contributed by atoms with Crippen LogP contribution in [0.3, 0.4) is 0 Å². The monoisotopic (exact) mass is 252 g/mol. The Balaban J connectivity index is 3.18. The number of benzene rings is 1. The summed E-state index contributed by atoms with van der Waals surface area (Å²) in [6.45, 7) is 0. The summed E-state index contributed by atoms with van der Waals surface area (Å²) in [5.41, 5.74) is 0.569. The van der Waals surface area contributed by atoms with Gasteiger partial charge in [0, 0.05) is 15.6 Å². The molecular weight excluding hydrogens is 249 g/mol. The Morgan fingerprint density at radius 2 is 2.17 bits per heavy atom. The second-order valence-corrected chi connectivity index (χ2v) is 3.22. The van der Waals surface area contributed by atoms with E-state index in [1.54, 1.807) is 6.07 Å². The second kappa shape index (κ2) is 4.01. The van der Waals surface area contributed by atoms with Crippen molar-refractivity contribution in [2.45, 2.75) is 0 Å². The number of halogens is 4. The van der Waals surface area contributed by atoms with Crippen LogP contribution in [0.25, 0.3) is 5.83 Å². The fourth-order valence-electron chi connectivity index (χ4n) is 0.742. The van der Waals surface area contributed by atoms with E-state index >= 15 is 0 Å². The summed E-state index contributed by atoms with van der Waals surface area (Å²) in [4.78, 5) is 0. The molecule has 1 aromatic carbocycles. The van der Waals surface area contributed by atoms with Crippen LogP contribution in [0.2, 0.25) is 0 Å². The van der Waals surface area contributed by atoms with E-state index in [2.05, 4.69) is 15.9 Å². The van der Waals surface area contributed by atoms with Gasteiger partial charge in [0.05, 0.1) is 0 Å². The molecule has 0 heterocycles. The molecule has 4 heteroatoms. The third-order valence-electron chi connectivity index (χ3n) is 1.28. The average Bonchev–Trinajstić information content (AvgIpc) is 2.03. The Kier molecular flexibility index (Phi) is 3.23. The van der Waals surface area contributed by atoms with Crippen LogP contribution in [-0.2, 0) is 0 Å². The van der Waals surface area contributed by atoms with E-state index in [4.69, 9.17) is 11.6 Å². The van der Waals surface area contributed by atoms with Crippen molar-refractivity contribution in [2.24, 2.45) is 0 Å². The van der Waals surface area contributed by atoms with Crippen LogP contribution in [0.1, 0.15) is 5.56 Å². The van der Waals surface area contributed by atoms with E-state index in [1.807, 2.05) is 0 Å². The van der Waals surface area contributed by atoms with E-state index in [1.165, 1.54) is 12.1 Å². The molecule has 0 atom stereocenters. The lowest BCUT2D eigenvalue weighted by Crippen LogP contribution is -1.84. The molecule has 0 fully saturated rings. The van der Waals surface area contributed by atoms with Crippen molar-refractivity contribution in [1.82, 2.24) is 0 Å². The molecule has 0 radical (unpaired) electrons. The number of hydrogen-bond donors (Lipinski definition) is 0. The van der Waals surface area contributed by atoms with Gasteiger partial charge in [-0.3, -0.25) is 0 Å². The summed E-state index contributed by atoms with van der Waals surface area (Å²) in [5.74, 6) is -1.42. The zero-order valence-electron chi connectivity index (χ0n) is 5.82. The summed E-state index contributed by atoms with van der Waals surface area (Å²) >= 11 is 8.14. The lowest BCUT2D eigenvalue weighted by Gasteiger charge is -1.98. The van der Waals surface area contributed by atoms with Gasteiger partial charge in [-0.25, -0.2) is 8.78 Å². The Bertz CT molecular complexity index is 323. The highest BCUT2D eigenvalue weighted by Gasteiger charge is 2.06. The zero-order chi connectivity index (χ0) is 9.14. The van der Waals surface area contributed by atoms with Crippen molar-refractivity contribution in [1.29, 1.82) is 0 Å². The molecule has 0 aromatic heterocycles. The SMILES string of the molecule is FC(=CCl)c1ccc(Br)cc1F. The van der Waals surface area contributed by atoms with Crippen molar-refractivity contribution in [3.63, 3.8) is 0 Å². The summed E-state index contributed by atoms with van der Waals surface area (Å²) in [6, 6.07) is 4.03. The van der Waals surface area contributed by atoms with Gasteiger partial charge in [-0.2, -0.15) is 0 Å². The van der Waals surface area contributed by atoms with Gasteiger partial charge in [-0.05, 0) is 18.2 Å². The maximum atomic E-state index is 12.9. The minimum Gasteiger partial charge on any atom is -0.206 e. The molecule has 0 aliphatic carbocycles. The van der Waals surface area contributed by atoms with Crippen molar-refractivity contribution in [3.05, 3.63) is 39.6 Å². The van der Waals surface area contributed by atoms with Gasteiger partial charge in [-0.1, -0.05) is 27.5 Å². The minimum atomic E-state index is -0.776. The third kappa shape index (κ3) is 2.05. The third-order valence-corrected chi connectivity index (χ3v) is 1.97. The van der Waals surface area contributed by atoms with Crippen molar-refractivity contribution in [3.8, 4) is 0 Å². The van der Waals surface area contributed by atoms with E-state index in [9.17, 15) is 8.78 Å². The fraction of sp³-hybridized carbons (Fsp3) is 0. The average molecular weight is 253 g/mol. The Labute approximate surface area is 82.0 Å². The number of hydrogen-bond acceptors (Lipinski definition) is 0. The standard InChI is InChI=1S/C8H4BrClF2/c9-5-1-2-6(7(11)3-5)8(12)4-10/h1-4H. The largest absolute Gasteiger partial charge is 0.206 e. The van der Waals surface area contributed by atoms with Crippen LogP contribution >= 0.6 is 27.5 Å². The molecule has 0 spiro atoms. The highest BCUT2D eigenvalue weighted by molar-refractivity contribution is 9.10. The van der Waals surface area contributed by atoms with Crippen LogP contribution in [0, 0.1) is 5.82 Å². The van der Waals surface area contributed by atoms with Crippen LogP contribution in [0.15, 0.2) is 28.2 Å². The Morgan fingerprint density at radius 1 is 1.50 bits per heavy atom. The number of rotatable bonds is 1. The van der Waals surface area contributed by atoms with Gasteiger partial charge < -0.3 is 0 Å². The molecule has 0 unspecified atom stereocenters. The van der Waals surface area contributed by atoms with Crippen LogP contribution in [0.4, 0.5) is 8.78 Å². The lowest BCUT2D eigenvalue weighted by atomic mass is 10.2. The topological polar surface area (TPSA) is 0 Å². The predicted octanol–water partition coefficient (Wildman–Crippen LogP) is 4.09. The molecule has 0 amide bonds. The molecule has 0 saturated heterocycles. The first-order valence-corrected chi connectivity index (χ1v) is 4.29. The van der Waals surface area contributed by atoms with Crippen LogP contribution in [0.5, 0.6) is 0 Å². The first kappa shape index (κ1) is 9.68. The first-order valence-electron chi connectivity index (χ1n) is 3.06. The van der Waals surface area contributed by atoms with Crippen LogP contribution < -0.4 is 0 Å². The smallest absolute Gasteiger partial charge is 0.144 e. The van der Waals surface area contributed by atoms with E-state index in [0.717, 1.165) is 0 Å². The van der Waals surface area contributed by atoms with Gasteiger partial charge in [-0.15, -0.1) is 0 Å². The quantitative estimate of drug-likeness (QED) is 0.707. The normalized spacial score (nSPS) is 11.8. The Hall–Kier alpha value is -0.410. The van der Waals surface area contributed by atoms with E-state index in [-0.39, 0.29) is 5.56 Å². The second-order valence-electron chi connectivity index (χ2n) is 2.08. The zero-order valence-corrected chi connectivity index (χ0v) is 8.16. The van der Waals surface area contributed by atoms with Crippen molar-refractivity contribution < 1.29 is 8.78 Å². The summed E-state index contributed by atoms with van der Waals surface area (Å²) in [7, 11) is 0. The van der Waals surface area contributed by atoms with E-state index < -0.39 is 11.6 Å². The minimum absolute atomic E-state index is 0.131. The molecule has 64 valence electrons. The highest BCUT2D eigenvalue weighted by atomic mass is 79.9. The highest BCUT2D eigenvalue weighted by Crippen LogP contribution is 2.23. The van der Waals surface area contributed by atoms with Crippen LogP contribution in [-0.4, -0.2) is 0 Å². The molecule has 0 bridgehead atoms. The van der Waals surface area contributed by atoms with Gasteiger partial charge in [0.25, 0.3) is 0 Å². The molecule has 12 heavy (non-hydrogen) atoms. The van der Waals surface area contributed by atoms with Crippen molar-refractivity contribution >= 4 is 33.4 Å². The van der Waals surface area contributed by atoms with Gasteiger partial charge in [0.1, 0.15) is 11.6 Å². The van der Waals surface area contributed by atoms with Gasteiger partial charge >= 0.3 is 0 Å². The maximum Gasteiger partial charge on any atom is 0.144 e. The summed E-state index contributed by atoms with van der Waals surface area (Å²) in [6.07, 6.45) is 0. The lowest BCUT2D eigenvalue weighted by molar-refractivity contribution is 0.614. The van der Waals surface area contributed by atoms with Gasteiger partial charge in [0.2, 0.25) is 0 Å². The molecule has 0 aliphatic heterocycles. The molecule has 0 N–H and O–H groups in total. The molecule has 0 saturated carbocycles. The molecule has 1 aromatic rings. The predicted molar refractivity (Wildman–Crippen MR) is 49.0 cm³/mol. The summed E-state index contributed by atoms with van der Waals surface area (Å²) < 4.78 is 26.2. The van der Waals surface area contributed by atoms with Crippen molar-refractivity contribution in [2.75, 3.05) is 0 Å². The fourth-order valence-corrected chi connectivity index (χ4v) is 1.19. The summed E-state index contributed by atoms with van der Waals surface area (Å²) in [5, 5.41) is 0. The Morgan fingerprint density at radius 3 is 2.67 bits per heavy atom. The van der Waals surface area contributed by atoms with Gasteiger partial charge in [0.15, 0.2) is 0 Å². The molecule has 0 aliphatic rings. The molecule has 1 rings (SSSR count). The molecular formula is C8H4BrClF2. The molecule has 0 nitrogen and oxygen atoms in total. The maximum absolute atomic E-state index is 12.9.